The highest BCUT2D eigenvalue weighted by atomic mass is 15.3. The third-order valence-corrected chi connectivity index (χ3v) is 3.53. The maximum absolute atomic E-state index is 4.79. The molecule has 2 rings (SSSR count). The van der Waals surface area contributed by atoms with Crippen LogP contribution in [-0.2, 0) is 0 Å². The molecule has 0 unspecified atom stereocenters. The van der Waals surface area contributed by atoms with E-state index in [1.165, 1.54) is 12.8 Å². The fourth-order valence-electron chi connectivity index (χ4n) is 2.64. The standard InChI is InChI=1S/C15H26N4/c1-4-8-18(9-5-2)14-12-13(3)16-15(17-14)19-10-6-7-11-19/h12H,4-11H2,1-3H3. The molecule has 1 aliphatic rings. The van der Waals surface area contributed by atoms with Gasteiger partial charge in [-0.2, -0.15) is 4.98 Å². The van der Waals surface area contributed by atoms with Gasteiger partial charge in [-0.25, -0.2) is 4.98 Å². The van der Waals surface area contributed by atoms with Crippen molar-refractivity contribution in [2.45, 2.75) is 46.5 Å². The quantitative estimate of drug-likeness (QED) is 0.789. The van der Waals surface area contributed by atoms with Crippen molar-refractivity contribution in [2.24, 2.45) is 0 Å². The fraction of sp³-hybridized carbons (Fsp3) is 0.733. The third-order valence-electron chi connectivity index (χ3n) is 3.53. The Morgan fingerprint density at radius 1 is 1.11 bits per heavy atom. The van der Waals surface area contributed by atoms with E-state index >= 15 is 0 Å². The molecule has 0 bridgehead atoms. The Morgan fingerprint density at radius 2 is 1.74 bits per heavy atom. The van der Waals surface area contributed by atoms with Crippen LogP contribution in [0.5, 0.6) is 0 Å². The lowest BCUT2D eigenvalue weighted by Crippen LogP contribution is -2.28. The van der Waals surface area contributed by atoms with Crippen LogP contribution < -0.4 is 9.80 Å². The highest BCUT2D eigenvalue weighted by molar-refractivity contribution is 5.46. The van der Waals surface area contributed by atoms with Gasteiger partial charge in [0.05, 0.1) is 0 Å². The summed E-state index contributed by atoms with van der Waals surface area (Å²) in [7, 11) is 0. The molecular weight excluding hydrogens is 236 g/mol. The summed E-state index contributed by atoms with van der Waals surface area (Å²) in [6.07, 6.45) is 4.84. The minimum absolute atomic E-state index is 0.921. The summed E-state index contributed by atoms with van der Waals surface area (Å²) >= 11 is 0. The number of hydrogen-bond acceptors (Lipinski definition) is 4. The van der Waals surface area contributed by atoms with Gasteiger partial charge < -0.3 is 9.80 Å². The Hall–Kier alpha value is -1.32. The van der Waals surface area contributed by atoms with Gasteiger partial charge in [-0.1, -0.05) is 13.8 Å². The lowest BCUT2D eigenvalue weighted by Gasteiger charge is -2.24. The molecule has 19 heavy (non-hydrogen) atoms. The molecule has 0 aliphatic carbocycles. The van der Waals surface area contributed by atoms with Crippen molar-refractivity contribution in [3.63, 3.8) is 0 Å². The minimum Gasteiger partial charge on any atom is -0.356 e. The number of hydrogen-bond donors (Lipinski definition) is 0. The highest BCUT2D eigenvalue weighted by Crippen LogP contribution is 2.21. The largest absolute Gasteiger partial charge is 0.356 e. The normalized spacial score (nSPS) is 15.0. The van der Waals surface area contributed by atoms with E-state index in [2.05, 4.69) is 41.6 Å². The van der Waals surface area contributed by atoms with Crippen molar-refractivity contribution in [3.05, 3.63) is 11.8 Å². The highest BCUT2D eigenvalue weighted by Gasteiger charge is 2.17. The lowest BCUT2D eigenvalue weighted by molar-refractivity contribution is 0.729. The lowest BCUT2D eigenvalue weighted by atomic mass is 10.3. The molecule has 2 heterocycles. The summed E-state index contributed by atoms with van der Waals surface area (Å²) in [6.45, 7) is 10.9. The van der Waals surface area contributed by atoms with Crippen molar-refractivity contribution in [1.29, 1.82) is 0 Å². The van der Waals surface area contributed by atoms with Gasteiger partial charge in [-0.15, -0.1) is 0 Å². The number of aryl methyl sites for hydroxylation is 1. The first-order valence-electron chi connectivity index (χ1n) is 7.60. The van der Waals surface area contributed by atoms with Crippen LogP contribution in [0, 0.1) is 6.92 Å². The molecule has 0 spiro atoms. The predicted octanol–water partition coefficient (Wildman–Crippen LogP) is 3.01. The van der Waals surface area contributed by atoms with E-state index in [0.29, 0.717) is 0 Å². The molecule has 1 aliphatic heterocycles. The zero-order chi connectivity index (χ0) is 13.7. The van der Waals surface area contributed by atoms with Crippen molar-refractivity contribution in [2.75, 3.05) is 36.0 Å². The van der Waals surface area contributed by atoms with Crippen LogP contribution in [0.2, 0.25) is 0 Å². The van der Waals surface area contributed by atoms with Crippen LogP contribution in [0.1, 0.15) is 45.2 Å². The Labute approximate surface area is 116 Å². The number of aromatic nitrogens is 2. The van der Waals surface area contributed by atoms with Crippen molar-refractivity contribution in [1.82, 2.24) is 9.97 Å². The van der Waals surface area contributed by atoms with Gasteiger partial charge in [0.1, 0.15) is 5.82 Å². The monoisotopic (exact) mass is 262 g/mol. The molecule has 0 N–H and O–H groups in total. The third kappa shape index (κ3) is 3.58. The van der Waals surface area contributed by atoms with Gasteiger partial charge in [0.25, 0.3) is 0 Å². The van der Waals surface area contributed by atoms with Crippen LogP contribution in [0.25, 0.3) is 0 Å². The molecule has 1 fully saturated rings. The summed E-state index contributed by atoms with van der Waals surface area (Å²) < 4.78 is 0. The Bertz CT molecular complexity index is 393. The summed E-state index contributed by atoms with van der Waals surface area (Å²) in [4.78, 5) is 14.1. The van der Waals surface area contributed by atoms with E-state index < -0.39 is 0 Å². The average Bonchev–Trinajstić information content (AvgIpc) is 2.91. The number of anilines is 2. The van der Waals surface area contributed by atoms with E-state index in [1.807, 2.05) is 0 Å². The van der Waals surface area contributed by atoms with Crippen LogP contribution in [0.3, 0.4) is 0 Å². The average molecular weight is 262 g/mol. The maximum Gasteiger partial charge on any atom is 0.227 e. The molecule has 0 saturated carbocycles. The van der Waals surface area contributed by atoms with Gasteiger partial charge in [0, 0.05) is 37.9 Å². The van der Waals surface area contributed by atoms with Crippen LogP contribution >= 0.6 is 0 Å². The molecule has 4 heteroatoms. The van der Waals surface area contributed by atoms with Gasteiger partial charge in [-0.05, 0) is 32.6 Å². The minimum atomic E-state index is 0.921. The molecule has 0 radical (unpaired) electrons. The second-order valence-electron chi connectivity index (χ2n) is 5.35. The summed E-state index contributed by atoms with van der Waals surface area (Å²) in [5.41, 5.74) is 1.07. The molecule has 0 aromatic carbocycles. The van der Waals surface area contributed by atoms with E-state index in [4.69, 9.17) is 4.98 Å². The predicted molar refractivity (Wildman–Crippen MR) is 81.0 cm³/mol. The van der Waals surface area contributed by atoms with E-state index in [9.17, 15) is 0 Å². The number of nitrogens with zero attached hydrogens (tertiary/aromatic N) is 4. The molecule has 1 aromatic heterocycles. The summed E-state index contributed by atoms with van der Waals surface area (Å²) in [5.74, 6) is 2.02. The Morgan fingerprint density at radius 3 is 2.32 bits per heavy atom. The Kier molecular flexibility index (Phi) is 5.00. The van der Waals surface area contributed by atoms with Crippen LogP contribution in [0.4, 0.5) is 11.8 Å². The fourth-order valence-corrected chi connectivity index (χ4v) is 2.64. The van der Waals surface area contributed by atoms with Crippen molar-refractivity contribution in [3.8, 4) is 0 Å². The van der Waals surface area contributed by atoms with Crippen LogP contribution in [0.15, 0.2) is 6.07 Å². The Balaban J connectivity index is 2.23. The summed E-state index contributed by atoms with van der Waals surface area (Å²) in [5, 5.41) is 0. The molecule has 0 amide bonds. The molecule has 4 nitrogen and oxygen atoms in total. The van der Waals surface area contributed by atoms with Gasteiger partial charge >= 0.3 is 0 Å². The first kappa shape index (κ1) is 14.1. The first-order valence-corrected chi connectivity index (χ1v) is 7.60. The zero-order valence-corrected chi connectivity index (χ0v) is 12.5. The van der Waals surface area contributed by atoms with Crippen molar-refractivity contribution < 1.29 is 0 Å². The summed E-state index contributed by atoms with van der Waals surface area (Å²) in [6, 6.07) is 2.12. The second kappa shape index (κ2) is 6.73. The van der Waals surface area contributed by atoms with E-state index in [0.717, 1.165) is 56.5 Å². The second-order valence-corrected chi connectivity index (χ2v) is 5.35. The maximum atomic E-state index is 4.79. The zero-order valence-electron chi connectivity index (χ0n) is 12.5. The first-order chi connectivity index (χ1) is 9.24. The SMILES string of the molecule is CCCN(CCC)c1cc(C)nc(N2CCCC2)n1. The molecule has 0 atom stereocenters. The molecule has 1 aromatic rings. The molecular formula is C15H26N4. The van der Waals surface area contributed by atoms with Gasteiger partial charge in [0.2, 0.25) is 5.95 Å². The number of rotatable bonds is 6. The molecule has 106 valence electrons. The smallest absolute Gasteiger partial charge is 0.227 e. The van der Waals surface area contributed by atoms with Crippen molar-refractivity contribution >= 4 is 11.8 Å². The van der Waals surface area contributed by atoms with E-state index in [-0.39, 0.29) is 0 Å². The van der Waals surface area contributed by atoms with Crippen LogP contribution in [-0.4, -0.2) is 36.1 Å². The molecule has 1 saturated heterocycles. The topological polar surface area (TPSA) is 32.3 Å². The van der Waals surface area contributed by atoms with Gasteiger partial charge in [-0.3, -0.25) is 0 Å². The van der Waals surface area contributed by atoms with Gasteiger partial charge in [0.15, 0.2) is 0 Å². The van der Waals surface area contributed by atoms with E-state index in [1.54, 1.807) is 0 Å².